The molecular formula is C26H29Cl2N3O. The van der Waals surface area contributed by atoms with Crippen molar-refractivity contribution in [2.45, 2.75) is 57.2 Å². The number of benzene rings is 2. The molecule has 3 atom stereocenters. The smallest absolute Gasteiger partial charge is 0.0964 e. The van der Waals surface area contributed by atoms with Gasteiger partial charge in [0.1, 0.15) is 0 Å². The van der Waals surface area contributed by atoms with Crippen LogP contribution in [0.4, 0.5) is 0 Å². The highest BCUT2D eigenvalue weighted by molar-refractivity contribution is 6.35. The van der Waals surface area contributed by atoms with E-state index in [-0.39, 0.29) is 12.1 Å². The number of hydrogen-bond acceptors (Lipinski definition) is 3. The second-order valence-corrected chi connectivity index (χ2v) is 9.93. The number of rotatable bonds is 4. The highest BCUT2D eigenvalue weighted by atomic mass is 35.5. The summed E-state index contributed by atoms with van der Waals surface area (Å²) >= 11 is 12.6. The van der Waals surface area contributed by atoms with Crippen LogP contribution >= 0.6 is 23.2 Å². The molecule has 0 radical (unpaired) electrons. The topological polar surface area (TPSA) is 41.3 Å². The maximum Gasteiger partial charge on any atom is 0.0964 e. The van der Waals surface area contributed by atoms with E-state index in [1.807, 2.05) is 18.5 Å². The van der Waals surface area contributed by atoms with Gasteiger partial charge in [-0.3, -0.25) is 4.90 Å². The zero-order valence-electron chi connectivity index (χ0n) is 18.3. The third-order valence-corrected chi connectivity index (χ3v) is 7.74. The van der Waals surface area contributed by atoms with Crippen molar-refractivity contribution < 1.29 is 5.11 Å². The Hall–Kier alpha value is -1.85. The quantitative estimate of drug-likeness (QED) is 0.484. The first kappa shape index (κ1) is 22.0. The molecule has 1 N–H and O–H groups in total. The third-order valence-electron chi connectivity index (χ3n) is 7.18. The molecule has 3 unspecified atom stereocenters. The molecule has 0 amide bonds. The molecule has 1 aromatic heterocycles. The second-order valence-electron chi connectivity index (χ2n) is 9.09. The number of hydrogen-bond donors (Lipinski definition) is 1. The monoisotopic (exact) mass is 469 g/mol. The minimum atomic E-state index is -0.175. The van der Waals surface area contributed by atoms with Gasteiger partial charge in [-0.1, -0.05) is 54.3 Å². The molecule has 6 heteroatoms. The summed E-state index contributed by atoms with van der Waals surface area (Å²) in [4.78, 5) is 7.08. The number of aromatic nitrogens is 2. The Labute approximate surface area is 199 Å². The standard InChI is InChI=1S/C26H29Cl2N3O/c1-17(21-8-7-20(27)15-22(21)28)31-16-29-23-9-6-19(14-25(23)31)18-10-12-30(13-11-18)24-4-2-3-5-26(24)32/h6-10,14-17,24,26,32H,2-5,11-13H2,1H3. The average molecular weight is 470 g/mol. The van der Waals surface area contributed by atoms with Gasteiger partial charge in [0, 0.05) is 29.2 Å². The Kier molecular flexibility index (Phi) is 6.31. The van der Waals surface area contributed by atoms with Gasteiger partial charge in [0.25, 0.3) is 0 Å². The molecule has 1 saturated carbocycles. The molecule has 1 aliphatic carbocycles. The minimum absolute atomic E-state index is 0.0450. The van der Waals surface area contributed by atoms with Gasteiger partial charge in [0.05, 0.1) is 29.5 Å². The van der Waals surface area contributed by atoms with Gasteiger partial charge in [0.15, 0.2) is 0 Å². The van der Waals surface area contributed by atoms with Crippen LogP contribution < -0.4 is 0 Å². The predicted molar refractivity (Wildman–Crippen MR) is 132 cm³/mol. The summed E-state index contributed by atoms with van der Waals surface area (Å²) in [5, 5.41) is 11.7. The Morgan fingerprint density at radius 1 is 1.09 bits per heavy atom. The van der Waals surface area contributed by atoms with E-state index >= 15 is 0 Å². The lowest BCUT2D eigenvalue weighted by atomic mass is 9.89. The summed E-state index contributed by atoms with van der Waals surface area (Å²) in [7, 11) is 0. The first-order chi connectivity index (χ1) is 15.5. The van der Waals surface area contributed by atoms with E-state index in [0.29, 0.717) is 16.1 Å². The van der Waals surface area contributed by atoms with Crippen molar-refractivity contribution in [2.75, 3.05) is 13.1 Å². The van der Waals surface area contributed by atoms with Crippen molar-refractivity contribution in [2.24, 2.45) is 0 Å². The van der Waals surface area contributed by atoms with E-state index in [4.69, 9.17) is 23.2 Å². The highest BCUT2D eigenvalue weighted by Crippen LogP contribution is 2.33. The number of fused-ring (bicyclic) bond motifs is 1. The summed E-state index contributed by atoms with van der Waals surface area (Å²) in [6, 6.07) is 12.6. The molecule has 0 bridgehead atoms. The lowest BCUT2D eigenvalue weighted by molar-refractivity contribution is 0.0248. The fourth-order valence-electron chi connectivity index (χ4n) is 5.29. The van der Waals surface area contributed by atoms with Crippen LogP contribution in [0.5, 0.6) is 0 Å². The minimum Gasteiger partial charge on any atom is -0.391 e. The van der Waals surface area contributed by atoms with Gasteiger partial charge < -0.3 is 9.67 Å². The number of imidazole rings is 1. The summed E-state index contributed by atoms with van der Waals surface area (Å²) < 4.78 is 2.18. The fourth-order valence-corrected chi connectivity index (χ4v) is 5.86. The number of aliphatic hydroxyl groups excluding tert-OH is 1. The molecule has 2 aromatic carbocycles. The van der Waals surface area contributed by atoms with Crippen LogP contribution in [0.2, 0.25) is 10.0 Å². The van der Waals surface area contributed by atoms with E-state index < -0.39 is 0 Å². The van der Waals surface area contributed by atoms with Crippen molar-refractivity contribution in [3.05, 3.63) is 70.0 Å². The van der Waals surface area contributed by atoms with Crippen molar-refractivity contribution in [1.82, 2.24) is 14.5 Å². The van der Waals surface area contributed by atoms with E-state index in [0.717, 1.165) is 55.4 Å². The SMILES string of the molecule is CC(c1ccc(Cl)cc1Cl)n1cnc2ccc(C3=CCN(C4CCCCC4O)CC3)cc21. The predicted octanol–water partition coefficient (Wildman–Crippen LogP) is 6.35. The average Bonchev–Trinajstić information content (AvgIpc) is 3.22. The van der Waals surface area contributed by atoms with E-state index in [1.165, 1.54) is 17.6 Å². The van der Waals surface area contributed by atoms with Crippen molar-refractivity contribution in [1.29, 1.82) is 0 Å². The van der Waals surface area contributed by atoms with Crippen LogP contribution in [0.3, 0.4) is 0 Å². The first-order valence-corrected chi connectivity index (χ1v) is 12.3. The number of aliphatic hydroxyl groups is 1. The maximum atomic E-state index is 10.4. The molecule has 32 heavy (non-hydrogen) atoms. The third kappa shape index (κ3) is 4.22. The second kappa shape index (κ2) is 9.18. The van der Waals surface area contributed by atoms with Crippen LogP contribution in [0.15, 0.2) is 48.8 Å². The largest absolute Gasteiger partial charge is 0.391 e. The zero-order valence-corrected chi connectivity index (χ0v) is 19.9. The van der Waals surface area contributed by atoms with Crippen molar-refractivity contribution in [3.63, 3.8) is 0 Å². The summed E-state index contributed by atoms with van der Waals surface area (Å²) in [5.74, 6) is 0. The summed E-state index contributed by atoms with van der Waals surface area (Å²) in [6.07, 6.45) is 9.49. The van der Waals surface area contributed by atoms with Gasteiger partial charge in [0.2, 0.25) is 0 Å². The van der Waals surface area contributed by atoms with E-state index in [9.17, 15) is 5.11 Å². The Balaban J connectivity index is 1.40. The van der Waals surface area contributed by atoms with Crippen molar-refractivity contribution in [3.8, 4) is 0 Å². The molecule has 4 nitrogen and oxygen atoms in total. The number of halogens is 2. The Morgan fingerprint density at radius 2 is 1.94 bits per heavy atom. The molecule has 168 valence electrons. The first-order valence-electron chi connectivity index (χ1n) is 11.5. The summed E-state index contributed by atoms with van der Waals surface area (Å²) in [5.41, 5.74) is 5.73. The Morgan fingerprint density at radius 3 is 2.69 bits per heavy atom. The molecule has 2 aliphatic rings. The van der Waals surface area contributed by atoms with Crippen LogP contribution in [-0.2, 0) is 0 Å². The Bertz CT molecular complexity index is 1160. The van der Waals surface area contributed by atoms with Gasteiger partial charge in [-0.25, -0.2) is 4.98 Å². The maximum absolute atomic E-state index is 10.4. The highest BCUT2D eigenvalue weighted by Gasteiger charge is 2.29. The van der Waals surface area contributed by atoms with E-state index in [1.54, 1.807) is 6.07 Å². The molecule has 1 fully saturated rings. The molecule has 3 aromatic rings. The molecule has 0 saturated heterocycles. The fraction of sp³-hybridized carbons (Fsp3) is 0.423. The molecule has 0 spiro atoms. The summed E-state index contributed by atoms with van der Waals surface area (Å²) in [6.45, 7) is 4.04. The van der Waals surface area contributed by atoms with E-state index in [2.05, 4.69) is 45.6 Å². The molecule has 2 heterocycles. The van der Waals surface area contributed by atoms with Gasteiger partial charge >= 0.3 is 0 Å². The zero-order chi connectivity index (χ0) is 22.2. The number of nitrogens with zero attached hydrogens (tertiary/aromatic N) is 3. The molecule has 1 aliphatic heterocycles. The normalized spacial score (nSPS) is 23.3. The lowest BCUT2D eigenvalue weighted by Crippen LogP contribution is -2.47. The van der Waals surface area contributed by atoms with Crippen LogP contribution in [0.1, 0.15) is 56.2 Å². The molecule has 5 rings (SSSR count). The van der Waals surface area contributed by atoms with Crippen molar-refractivity contribution >= 4 is 39.8 Å². The lowest BCUT2D eigenvalue weighted by Gasteiger charge is -2.39. The van der Waals surface area contributed by atoms with Crippen LogP contribution in [0.25, 0.3) is 16.6 Å². The van der Waals surface area contributed by atoms with Gasteiger partial charge in [-0.2, -0.15) is 0 Å². The van der Waals surface area contributed by atoms with Gasteiger partial charge in [-0.05, 0) is 67.2 Å². The molecular weight excluding hydrogens is 441 g/mol. The van der Waals surface area contributed by atoms with Crippen LogP contribution in [-0.4, -0.2) is 44.8 Å². The van der Waals surface area contributed by atoms with Crippen LogP contribution in [0, 0.1) is 0 Å². The van der Waals surface area contributed by atoms with Gasteiger partial charge in [-0.15, -0.1) is 0 Å².